The maximum atomic E-state index is 12.8. The van der Waals surface area contributed by atoms with Gasteiger partial charge in [-0.25, -0.2) is 9.18 Å². The van der Waals surface area contributed by atoms with Crippen LogP contribution >= 0.6 is 0 Å². The summed E-state index contributed by atoms with van der Waals surface area (Å²) in [4.78, 5) is 22.9. The molecule has 0 aliphatic carbocycles. The van der Waals surface area contributed by atoms with E-state index in [0.717, 1.165) is 5.56 Å². The number of carboxylic acids is 1. The molecule has 2 amide bonds. The van der Waals surface area contributed by atoms with Crippen LogP contribution in [0.5, 0.6) is 0 Å². The highest BCUT2D eigenvalue weighted by Crippen LogP contribution is 2.20. The number of nitrogens with one attached hydrogen (secondary N) is 2. The molecule has 0 bridgehead atoms. The summed E-state index contributed by atoms with van der Waals surface area (Å²) in [6, 6.07) is 5.08. The van der Waals surface area contributed by atoms with Crippen LogP contribution < -0.4 is 10.6 Å². The van der Waals surface area contributed by atoms with Gasteiger partial charge in [0.2, 0.25) is 0 Å². The van der Waals surface area contributed by atoms with E-state index >= 15 is 0 Å². The van der Waals surface area contributed by atoms with Crippen molar-refractivity contribution in [2.45, 2.75) is 33.2 Å². The molecule has 0 radical (unpaired) electrons. The molecule has 0 fully saturated rings. The SMILES string of the molecule is CCC(C)(CNC(=O)NC(C)c1ccc(F)cc1)C(=O)O. The van der Waals surface area contributed by atoms with Crippen LogP contribution in [0, 0.1) is 11.2 Å². The number of rotatable bonds is 6. The lowest BCUT2D eigenvalue weighted by Gasteiger charge is -2.24. The van der Waals surface area contributed by atoms with Crippen LogP contribution in [-0.2, 0) is 4.79 Å². The molecule has 1 aromatic carbocycles. The number of hydrogen-bond acceptors (Lipinski definition) is 2. The van der Waals surface area contributed by atoms with Gasteiger partial charge in [-0.05, 0) is 38.0 Å². The number of carboxylic acid groups (broad SMARTS) is 1. The molecule has 0 aromatic heterocycles. The Labute approximate surface area is 123 Å². The van der Waals surface area contributed by atoms with Gasteiger partial charge in [0.25, 0.3) is 0 Å². The predicted molar refractivity (Wildman–Crippen MR) is 77.4 cm³/mol. The average Bonchev–Trinajstić information content (AvgIpc) is 2.45. The maximum Gasteiger partial charge on any atom is 0.315 e. The molecule has 0 saturated heterocycles. The zero-order valence-electron chi connectivity index (χ0n) is 12.4. The summed E-state index contributed by atoms with van der Waals surface area (Å²) in [6.45, 7) is 5.15. The topological polar surface area (TPSA) is 78.4 Å². The highest BCUT2D eigenvalue weighted by Gasteiger charge is 2.31. The molecular formula is C15H21FN2O3. The Hall–Kier alpha value is -2.11. The Balaban J connectivity index is 2.54. The zero-order chi connectivity index (χ0) is 16.0. The molecule has 0 spiro atoms. The van der Waals surface area contributed by atoms with Gasteiger partial charge in [-0.1, -0.05) is 19.1 Å². The smallest absolute Gasteiger partial charge is 0.315 e. The summed E-state index contributed by atoms with van der Waals surface area (Å²) in [5.74, 6) is -1.28. The van der Waals surface area contributed by atoms with Crippen LogP contribution in [0.4, 0.5) is 9.18 Å². The first-order valence-electron chi connectivity index (χ1n) is 6.81. The number of urea groups is 1. The number of carbonyl (C=O) groups excluding carboxylic acids is 1. The molecule has 1 rings (SSSR count). The molecule has 0 heterocycles. The highest BCUT2D eigenvalue weighted by atomic mass is 19.1. The van der Waals surface area contributed by atoms with Crippen molar-refractivity contribution in [2.24, 2.45) is 5.41 Å². The highest BCUT2D eigenvalue weighted by molar-refractivity contribution is 5.78. The quantitative estimate of drug-likeness (QED) is 0.755. The number of aliphatic carboxylic acids is 1. The third kappa shape index (κ3) is 4.73. The largest absolute Gasteiger partial charge is 0.481 e. The van der Waals surface area contributed by atoms with Crippen molar-refractivity contribution < 1.29 is 19.1 Å². The Bertz CT molecular complexity index is 504. The molecule has 0 aliphatic heterocycles. The van der Waals surface area contributed by atoms with Gasteiger partial charge in [-0.3, -0.25) is 4.79 Å². The van der Waals surface area contributed by atoms with E-state index in [-0.39, 0.29) is 18.4 Å². The monoisotopic (exact) mass is 296 g/mol. The molecule has 5 nitrogen and oxygen atoms in total. The Morgan fingerprint density at radius 3 is 2.38 bits per heavy atom. The van der Waals surface area contributed by atoms with Crippen LogP contribution in [0.3, 0.4) is 0 Å². The number of benzene rings is 1. The normalized spacial score (nSPS) is 14.9. The summed E-state index contributed by atoms with van der Waals surface area (Å²) < 4.78 is 12.8. The lowest BCUT2D eigenvalue weighted by molar-refractivity contribution is -0.147. The van der Waals surface area contributed by atoms with Crippen LogP contribution in [0.15, 0.2) is 24.3 Å². The van der Waals surface area contributed by atoms with Crippen molar-refractivity contribution in [3.63, 3.8) is 0 Å². The second-order valence-corrected chi connectivity index (χ2v) is 5.32. The lowest BCUT2D eigenvalue weighted by atomic mass is 9.88. The Morgan fingerprint density at radius 1 is 1.33 bits per heavy atom. The first-order chi connectivity index (χ1) is 9.78. The van der Waals surface area contributed by atoms with E-state index < -0.39 is 17.4 Å². The fourth-order valence-electron chi connectivity index (χ4n) is 1.71. The van der Waals surface area contributed by atoms with Crippen molar-refractivity contribution in [3.05, 3.63) is 35.6 Å². The molecule has 2 atom stereocenters. The standard InChI is InChI=1S/C15H21FN2O3/c1-4-15(3,13(19)20)9-17-14(21)18-10(2)11-5-7-12(16)8-6-11/h5-8,10H,4,9H2,1-3H3,(H,19,20)(H2,17,18,21). The molecule has 116 valence electrons. The Morgan fingerprint density at radius 2 is 1.90 bits per heavy atom. The molecule has 21 heavy (non-hydrogen) atoms. The summed E-state index contributed by atoms with van der Waals surface area (Å²) in [5.41, 5.74) is -0.223. The molecular weight excluding hydrogens is 275 g/mol. The van der Waals surface area contributed by atoms with Crippen molar-refractivity contribution >= 4 is 12.0 Å². The summed E-state index contributed by atoms with van der Waals surface area (Å²) >= 11 is 0. The van der Waals surface area contributed by atoms with Crippen LogP contribution in [-0.4, -0.2) is 23.7 Å². The fraction of sp³-hybridized carbons (Fsp3) is 0.467. The van der Waals surface area contributed by atoms with Crippen molar-refractivity contribution in [1.29, 1.82) is 0 Å². The van der Waals surface area contributed by atoms with Gasteiger partial charge in [0.1, 0.15) is 5.82 Å². The number of amides is 2. The second-order valence-electron chi connectivity index (χ2n) is 5.32. The predicted octanol–water partition coefficient (Wildman–Crippen LogP) is 2.69. The number of halogens is 1. The van der Waals surface area contributed by atoms with Gasteiger partial charge < -0.3 is 15.7 Å². The van der Waals surface area contributed by atoms with E-state index in [2.05, 4.69) is 10.6 Å². The molecule has 3 N–H and O–H groups in total. The minimum absolute atomic E-state index is 0.0425. The first-order valence-corrected chi connectivity index (χ1v) is 6.81. The van der Waals surface area contributed by atoms with E-state index in [1.807, 2.05) is 0 Å². The van der Waals surface area contributed by atoms with E-state index in [1.54, 1.807) is 32.9 Å². The number of hydrogen-bond donors (Lipinski definition) is 3. The maximum absolute atomic E-state index is 12.8. The van der Waals surface area contributed by atoms with E-state index in [4.69, 9.17) is 5.11 Å². The zero-order valence-corrected chi connectivity index (χ0v) is 12.4. The van der Waals surface area contributed by atoms with Crippen LogP contribution in [0.25, 0.3) is 0 Å². The average molecular weight is 296 g/mol. The first kappa shape index (κ1) is 16.9. The second kappa shape index (κ2) is 7.06. The van der Waals surface area contributed by atoms with Crippen LogP contribution in [0.1, 0.15) is 38.8 Å². The van der Waals surface area contributed by atoms with Crippen molar-refractivity contribution in [3.8, 4) is 0 Å². The van der Waals surface area contributed by atoms with E-state index in [0.29, 0.717) is 6.42 Å². The molecule has 0 aliphatic rings. The van der Waals surface area contributed by atoms with Crippen molar-refractivity contribution in [1.82, 2.24) is 10.6 Å². The summed E-state index contributed by atoms with van der Waals surface area (Å²) in [7, 11) is 0. The number of carbonyl (C=O) groups is 2. The molecule has 1 aromatic rings. The minimum atomic E-state index is -0.990. The lowest BCUT2D eigenvalue weighted by Crippen LogP contribution is -2.45. The van der Waals surface area contributed by atoms with Crippen molar-refractivity contribution in [2.75, 3.05) is 6.54 Å². The molecule has 0 saturated carbocycles. The fourth-order valence-corrected chi connectivity index (χ4v) is 1.71. The van der Waals surface area contributed by atoms with Gasteiger partial charge in [-0.2, -0.15) is 0 Å². The van der Waals surface area contributed by atoms with E-state index in [9.17, 15) is 14.0 Å². The summed E-state index contributed by atoms with van der Waals surface area (Å²) in [6.07, 6.45) is 0.413. The van der Waals surface area contributed by atoms with Gasteiger partial charge in [0.15, 0.2) is 0 Å². The summed E-state index contributed by atoms with van der Waals surface area (Å²) in [5, 5.41) is 14.4. The van der Waals surface area contributed by atoms with Crippen LogP contribution in [0.2, 0.25) is 0 Å². The third-order valence-corrected chi connectivity index (χ3v) is 3.65. The minimum Gasteiger partial charge on any atom is -0.481 e. The van der Waals surface area contributed by atoms with Gasteiger partial charge >= 0.3 is 12.0 Å². The van der Waals surface area contributed by atoms with Gasteiger partial charge in [-0.15, -0.1) is 0 Å². The van der Waals surface area contributed by atoms with Gasteiger partial charge in [0.05, 0.1) is 11.5 Å². The molecule has 2 unspecified atom stereocenters. The third-order valence-electron chi connectivity index (χ3n) is 3.65. The van der Waals surface area contributed by atoms with E-state index in [1.165, 1.54) is 12.1 Å². The van der Waals surface area contributed by atoms with Gasteiger partial charge in [0, 0.05) is 6.54 Å². The Kier molecular flexibility index (Phi) is 5.69. The molecule has 6 heteroatoms.